The van der Waals surface area contributed by atoms with Crippen LogP contribution in [0.25, 0.3) is 11.0 Å². The number of benzene rings is 2. The predicted molar refractivity (Wildman–Crippen MR) is 190 cm³/mol. The molecule has 1 aliphatic rings. The summed E-state index contributed by atoms with van der Waals surface area (Å²) in [5.41, 5.74) is 2.51. The largest absolute Gasteiger partial charge is 0.416 e. The van der Waals surface area contributed by atoms with E-state index in [0.717, 1.165) is 33.7 Å². The summed E-state index contributed by atoms with van der Waals surface area (Å²) < 4.78 is 72.5. The molecule has 0 fully saturated rings. The Morgan fingerprint density at radius 1 is 1.12 bits per heavy atom. The van der Waals surface area contributed by atoms with Crippen LogP contribution in [0, 0.1) is 25.2 Å². The van der Waals surface area contributed by atoms with E-state index in [4.69, 9.17) is 4.98 Å². The molecule has 51 heavy (non-hydrogen) atoms. The van der Waals surface area contributed by atoms with Crippen molar-refractivity contribution in [1.82, 2.24) is 29.3 Å². The minimum absolute atomic E-state index is 0.107. The van der Waals surface area contributed by atoms with Gasteiger partial charge < -0.3 is 5.32 Å². The lowest BCUT2D eigenvalue weighted by atomic mass is 9.73. The van der Waals surface area contributed by atoms with Crippen molar-refractivity contribution < 1.29 is 26.4 Å². The van der Waals surface area contributed by atoms with Crippen molar-refractivity contribution in [1.29, 1.82) is 0 Å². The van der Waals surface area contributed by atoms with E-state index in [0.29, 0.717) is 46.9 Å². The molecule has 270 valence electrons. The third-order valence-corrected chi connectivity index (χ3v) is 12.8. The molecule has 1 aliphatic heterocycles. The number of nitrogens with zero attached hydrogens (tertiary/aromatic N) is 6. The number of hydrogen-bond donors (Lipinski definition) is 1. The van der Waals surface area contributed by atoms with Gasteiger partial charge in [0.05, 0.1) is 51.4 Å². The monoisotopic (exact) mass is 739 g/mol. The van der Waals surface area contributed by atoms with E-state index in [2.05, 4.69) is 20.6 Å². The van der Waals surface area contributed by atoms with E-state index in [-0.39, 0.29) is 29.8 Å². The van der Waals surface area contributed by atoms with Crippen LogP contribution in [-0.2, 0) is 40.5 Å². The number of hydrogen-bond acceptors (Lipinski definition) is 8. The molecule has 0 radical (unpaired) electrons. The van der Waals surface area contributed by atoms with Gasteiger partial charge in [-0.2, -0.15) is 17.5 Å². The van der Waals surface area contributed by atoms with Crippen LogP contribution in [-0.4, -0.2) is 50.1 Å². The van der Waals surface area contributed by atoms with Gasteiger partial charge in [-0.25, -0.2) is 18.1 Å². The summed E-state index contributed by atoms with van der Waals surface area (Å²) in [6.45, 7) is 12.0. The van der Waals surface area contributed by atoms with Crippen molar-refractivity contribution >= 4 is 44.0 Å². The third-order valence-electron chi connectivity index (χ3n) is 9.86. The summed E-state index contributed by atoms with van der Waals surface area (Å²) in [6.07, 6.45) is -0.528. The van der Waals surface area contributed by atoms with E-state index in [1.807, 2.05) is 53.7 Å². The number of amides is 1. The number of nitrogens with one attached hydrogen (secondary N) is 1. The number of carbonyl (C=O) groups excluding carboxylic acids is 1. The SMILES string of the molecule is CC[C@H]1Cc2ccc(C(F)(F)F)cc2S(=O)(=O)N(Cc2nc([C@@H](c3ccc4c(nnn4CC)c3C)C(C)(C)C(=O)Nc3cccnc3)sc2C)C1. The second kappa shape index (κ2) is 13.7. The topological polar surface area (TPSA) is 123 Å². The third kappa shape index (κ3) is 6.90. The number of carbonyl (C=O) groups is 1. The summed E-state index contributed by atoms with van der Waals surface area (Å²) in [5, 5.41) is 12.3. The second-order valence-electron chi connectivity index (χ2n) is 13.6. The molecule has 0 unspecified atom stereocenters. The Kier molecular flexibility index (Phi) is 9.85. The quantitative estimate of drug-likeness (QED) is 0.166. The molecule has 3 aromatic heterocycles. The first-order chi connectivity index (χ1) is 24.1. The number of thiazole rings is 1. The fourth-order valence-electron chi connectivity index (χ4n) is 6.77. The van der Waals surface area contributed by atoms with E-state index in [9.17, 15) is 26.4 Å². The minimum atomic E-state index is -4.69. The fraction of sp³-hybridized carbons (Fsp3) is 0.417. The zero-order chi connectivity index (χ0) is 36.9. The molecule has 0 saturated heterocycles. The van der Waals surface area contributed by atoms with Crippen molar-refractivity contribution in [2.45, 2.75) is 84.5 Å². The Balaban J connectivity index is 1.44. The molecule has 0 spiro atoms. The van der Waals surface area contributed by atoms with E-state index >= 15 is 0 Å². The number of aromatic nitrogens is 5. The lowest BCUT2D eigenvalue weighted by Gasteiger charge is -2.33. The lowest BCUT2D eigenvalue weighted by Crippen LogP contribution is -2.37. The first-order valence-corrected chi connectivity index (χ1v) is 19.0. The second-order valence-corrected chi connectivity index (χ2v) is 16.7. The summed E-state index contributed by atoms with van der Waals surface area (Å²) in [5.74, 6) is -0.975. The highest BCUT2D eigenvalue weighted by Gasteiger charge is 2.43. The average molecular weight is 740 g/mol. The molecule has 0 bridgehead atoms. The number of alkyl halides is 3. The van der Waals surface area contributed by atoms with Gasteiger partial charge in [-0.05, 0) is 80.1 Å². The number of anilines is 1. The van der Waals surface area contributed by atoms with Gasteiger partial charge in [0, 0.05) is 24.2 Å². The van der Waals surface area contributed by atoms with Gasteiger partial charge in [-0.3, -0.25) is 9.78 Å². The van der Waals surface area contributed by atoms with Gasteiger partial charge in [-0.15, -0.1) is 16.4 Å². The van der Waals surface area contributed by atoms with Gasteiger partial charge in [0.2, 0.25) is 15.9 Å². The smallest absolute Gasteiger partial charge is 0.324 e. The molecule has 1 N–H and O–H groups in total. The lowest BCUT2D eigenvalue weighted by molar-refractivity contribution is -0.137. The van der Waals surface area contributed by atoms with Crippen LogP contribution >= 0.6 is 11.3 Å². The zero-order valence-electron chi connectivity index (χ0n) is 29.2. The first kappa shape index (κ1) is 36.6. The molecule has 2 atom stereocenters. The molecular formula is C36H40F3N7O3S2. The number of pyridine rings is 1. The van der Waals surface area contributed by atoms with Crippen LogP contribution in [0.1, 0.15) is 77.9 Å². The van der Waals surface area contributed by atoms with E-state index in [1.165, 1.54) is 21.7 Å². The van der Waals surface area contributed by atoms with Crippen molar-refractivity contribution in [2.24, 2.45) is 11.3 Å². The minimum Gasteiger partial charge on any atom is -0.324 e. The molecule has 4 heterocycles. The van der Waals surface area contributed by atoms with Crippen LogP contribution in [0.3, 0.4) is 0 Å². The predicted octanol–water partition coefficient (Wildman–Crippen LogP) is 7.51. The molecule has 1 amide bonds. The molecule has 0 aliphatic carbocycles. The van der Waals surface area contributed by atoms with Crippen LogP contribution in [0.2, 0.25) is 0 Å². The molecule has 10 nitrogen and oxygen atoms in total. The number of rotatable bonds is 9. The maximum Gasteiger partial charge on any atom is 0.416 e. The maximum absolute atomic E-state index is 14.1. The number of aryl methyl sites for hydroxylation is 3. The van der Waals surface area contributed by atoms with Crippen LogP contribution in [0.5, 0.6) is 0 Å². The highest BCUT2D eigenvalue weighted by atomic mass is 32.2. The van der Waals surface area contributed by atoms with Gasteiger partial charge in [0.1, 0.15) is 10.5 Å². The van der Waals surface area contributed by atoms with Crippen molar-refractivity contribution in [3.8, 4) is 0 Å². The molecule has 0 saturated carbocycles. The highest BCUT2D eigenvalue weighted by molar-refractivity contribution is 7.89. The summed E-state index contributed by atoms with van der Waals surface area (Å²) >= 11 is 1.37. The molecule has 2 aromatic carbocycles. The molecule has 5 aromatic rings. The summed E-state index contributed by atoms with van der Waals surface area (Å²) in [6, 6.07) is 10.4. The van der Waals surface area contributed by atoms with Crippen molar-refractivity contribution in [3.63, 3.8) is 0 Å². The standard InChI is InChI=1S/C36H40F3N7O3S2/c1-7-23-16-24-11-12-25(36(37,38)39)17-30(24)51(48,49)45(19-23)20-28-22(4)50-33(42-28)31(35(5,6)34(47)41-26-10-9-15-40-18-26)27-13-14-29-32(21(27)3)43-44-46(29)8-2/h9-15,17-18,23,31H,7-8,16,19-20H2,1-6H3,(H,41,47)/t23-,31+/m0/s1. The summed E-state index contributed by atoms with van der Waals surface area (Å²) in [4.78, 5) is 23.7. The number of halogens is 3. The zero-order valence-corrected chi connectivity index (χ0v) is 30.9. The van der Waals surface area contributed by atoms with Gasteiger partial charge in [0.25, 0.3) is 0 Å². The normalized spacial score (nSPS) is 17.2. The van der Waals surface area contributed by atoms with Gasteiger partial charge in [-0.1, -0.05) is 44.5 Å². The Morgan fingerprint density at radius 3 is 2.55 bits per heavy atom. The molecule has 6 rings (SSSR count). The van der Waals surface area contributed by atoms with Crippen molar-refractivity contribution in [2.75, 3.05) is 11.9 Å². The highest BCUT2D eigenvalue weighted by Crippen LogP contribution is 2.46. The molecular weight excluding hydrogens is 700 g/mol. The fourth-order valence-corrected chi connectivity index (χ4v) is 9.74. The number of sulfonamides is 1. The average Bonchev–Trinajstić information content (AvgIpc) is 3.65. The Bertz CT molecular complexity index is 2200. The number of fused-ring (bicyclic) bond motifs is 2. The Morgan fingerprint density at radius 2 is 1.88 bits per heavy atom. The van der Waals surface area contributed by atoms with E-state index < -0.39 is 33.1 Å². The first-order valence-electron chi connectivity index (χ1n) is 16.8. The molecule has 15 heteroatoms. The van der Waals surface area contributed by atoms with Gasteiger partial charge in [0.15, 0.2) is 0 Å². The van der Waals surface area contributed by atoms with Crippen LogP contribution in [0.4, 0.5) is 18.9 Å². The maximum atomic E-state index is 14.1. The Labute approximate surface area is 299 Å². The van der Waals surface area contributed by atoms with Crippen LogP contribution in [0.15, 0.2) is 59.8 Å². The van der Waals surface area contributed by atoms with E-state index in [1.54, 1.807) is 29.2 Å². The van der Waals surface area contributed by atoms with Crippen molar-refractivity contribution in [3.05, 3.63) is 92.7 Å². The van der Waals surface area contributed by atoms with Crippen LogP contribution < -0.4 is 5.32 Å². The summed E-state index contributed by atoms with van der Waals surface area (Å²) in [7, 11) is -4.32. The Hall–Kier alpha value is -4.21. The van der Waals surface area contributed by atoms with Gasteiger partial charge >= 0.3 is 6.18 Å².